The van der Waals surface area contributed by atoms with Gasteiger partial charge in [-0.25, -0.2) is 0 Å². The lowest BCUT2D eigenvalue weighted by atomic mass is 9.93. The van der Waals surface area contributed by atoms with Crippen molar-refractivity contribution in [3.05, 3.63) is 76.1 Å². The van der Waals surface area contributed by atoms with Gasteiger partial charge in [-0.3, -0.25) is 14.2 Å². The minimum absolute atomic E-state index is 0.0561. The highest BCUT2D eigenvalue weighted by Crippen LogP contribution is 2.44. The molecule has 0 spiro atoms. The van der Waals surface area contributed by atoms with E-state index in [0.29, 0.717) is 42.5 Å². The van der Waals surface area contributed by atoms with Crippen molar-refractivity contribution in [2.75, 3.05) is 27.3 Å². The topological polar surface area (TPSA) is 127 Å². The molecule has 226 valence electrons. The van der Waals surface area contributed by atoms with Crippen LogP contribution in [0.25, 0.3) is 5.69 Å². The summed E-state index contributed by atoms with van der Waals surface area (Å²) in [7, 11) is 2.63. The Morgan fingerprint density at radius 3 is 2.50 bits per heavy atom. The van der Waals surface area contributed by atoms with Crippen LogP contribution in [0.3, 0.4) is 0 Å². The van der Waals surface area contributed by atoms with Crippen LogP contribution in [-0.2, 0) is 19.1 Å². The third-order valence-electron chi connectivity index (χ3n) is 7.75. The smallest absolute Gasteiger partial charge is 0.303 e. The van der Waals surface area contributed by atoms with Crippen molar-refractivity contribution >= 4 is 23.5 Å². The van der Waals surface area contributed by atoms with E-state index in [-0.39, 0.29) is 30.6 Å². The SMILES string of the molecule is CO.COC1=C(C2OC(CC(=O)N3CCC(CC(=O)O)CC3)c3nnc(C(C)C)n3-c3ccc(Cl)cc32)C=CCC=C1. The van der Waals surface area contributed by atoms with Crippen LogP contribution in [-0.4, -0.2) is 69.1 Å². The standard InChI is InChI=1S/C30H35ClN4O5.CH4O/c1-18(2)29-32-33-30-25(17-26(36)34-13-11-19(12-14-34)15-27(37)38)40-28(21-7-5-4-6-8-24(21)39-3)22-16-20(31)9-10-23(22)35(29)30;1-2/h5-10,16,18-19,25,28H,4,11-15,17H2,1-3H3,(H,37,38);2H,1H3. The van der Waals surface area contributed by atoms with Crippen molar-refractivity contribution in [2.24, 2.45) is 5.92 Å². The molecule has 11 heteroatoms. The van der Waals surface area contributed by atoms with Gasteiger partial charge in [0.05, 0.1) is 19.2 Å². The maximum Gasteiger partial charge on any atom is 0.303 e. The molecule has 1 saturated heterocycles. The molecular formula is C31H39ClN4O6. The van der Waals surface area contributed by atoms with Crippen molar-refractivity contribution in [3.8, 4) is 5.69 Å². The van der Waals surface area contributed by atoms with Crippen LogP contribution in [0.5, 0.6) is 0 Å². The molecule has 1 aromatic heterocycles. The molecule has 2 aliphatic heterocycles. The molecule has 0 radical (unpaired) electrons. The number of aliphatic hydroxyl groups excluding tert-OH is 1. The molecule has 2 N–H and O–H groups in total. The second-order valence-electron chi connectivity index (χ2n) is 10.8. The number of rotatable bonds is 7. The first-order chi connectivity index (χ1) is 20.3. The van der Waals surface area contributed by atoms with Crippen molar-refractivity contribution in [3.63, 3.8) is 0 Å². The lowest BCUT2D eigenvalue weighted by Crippen LogP contribution is -2.39. The Bertz CT molecular complexity index is 1370. The number of carbonyl (C=O) groups excluding carboxylic acids is 1. The molecule has 1 aliphatic carbocycles. The van der Waals surface area contributed by atoms with E-state index in [0.717, 1.165) is 36.2 Å². The third-order valence-corrected chi connectivity index (χ3v) is 7.98. The Labute approximate surface area is 251 Å². The molecule has 2 aromatic rings. The van der Waals surface area contributed by atoms with Gasteiger partial charge in [-0.05, 0) is 49.5 Å². The third kappa shape index (κ3) is 6.77. The van der Waals surface area contributed by atoms with E-state index in [1.54, 1.807) is 7.11 Å². The number of piperidine rings is 1. The molecule has 1 aromatic carbocycles. The Morgan fingerprint density at radius 1 is 1.12 bits per heavy atom. The number of aliphatic carboxylic acids is 1. The van der Waals surface area contributed by atoms with Crippen LogP contribution in [0.15, 0.2) is 53.8 Å². The molecule has 2 unspecified atom stereocenters. The highest BCUT2D eigenvalue weighted by atomic mass is 35.5. The van der Waals surface area contributed by atoms with Gasteiger partial charge in [0, 0.05) is 48.7 Å². The number of methoxy groups -OCH3 is 1. The second-order valence-corrected chi connectivity index (χ2v) is 11.2. The Morgan fingerprint density at radius 2 is 1.83 bits per heavy atom. The molecule has 3 heterocycles. The minimum atomic E-state index is -0.797. The number of halogens is 1. The molecule has 2 atom stereocenters. The second kappa shape index (κ2) is 14.1. The summed E-state index contributed by atoms with van der Waals surface area (Å²) in [6, 6.07) is 5.69. The number of aromatic nitrogens is 3. The van der Waals surface area contributed by atoms with Gasteiger partial charge in [0.25, 0.3) is 0 Å². The first-order valence-corrected chi connectivity index (χ1v) is 14.6. The average Bonchev–Trinajstić information content (AvgIpc) is 3.21. The highest BCUT2D eigenvalue weighted by molar-refractivity contribution is 6.30. The quantitative estimate of drug-likeness (QED) is 0.440. The van der Waals surface area contributed by atoms with Gasteiger partial charge >= 0.3 is 5.97 Å². The monoisotopic (exact) mass is 598 g/mol. The van der Waals surface area contributed by atoms with Crippen LogP contribution in [0.1, 0.15) is 81.3 Å². The fourth-order valence-electron chi connectivity index (χ4n) is 5.71. The number of allylic oxidation sites excluding steroid dienone is 3. The van der Waals surface area contributed by atoms with E-state index < -0.39 is 18.2 Å². The minimum Gasteiger partial charge on any atom is -0.496 e. The van der Waals surface area contributed by atoms with Gasteiger partial charge < -0.3 is 24.6 Å². The highest BCUT2D eigenvalue weighted by Gasteiger charge is 2.38. The zero-order valence-electron chi connectivity index (χ0n) is 24.5. The molecule has 5 rings (SSSR count). The van der Waals surface area contributed by atoms with Crippen molar-refractivity contribution < 1.29 is 29.3 Å². The number of carbonyl (C=O) groups is 2. The predicted octanol–water partition coefficient (Wildman–Crippen LogP) is 5.29. The zero-order valence-corrected chi connectivity index (χ0v) is 25.3. The first-order valence-electron chi connectivity index (χ1n) is 14.2. The first kappa shape index (κ1) is 31.5. The maximum atomic E-state index is 13.6. The number of carboxylic acids is 1. The van der Waals surface area contributed by atoms with E-state index in [1.165, 1.54) is 0 Å². The lowest BCUT2D eigenvalue weighted by molar-refractivity contribution is -0.139. The molecular weight excluding hydrogens is 560 g/mol. The number of fused-ring (bicyclic) bond motifs is 3. The Balaban J connectivity index is 0.00000198. The number of aliphatic hydroxyl groups is 1. The average molecular weight is 599 g/mol. The van der Waals surface area contributed by atoms with Crippen LogP contribution in [0, 0.1) is 5.92 Å². The molecule has 0 saturated carbocycles. The molecule has 1 amide bonds. The molecule has 1 fully saturated rings. The van der Waals surface area contributed by atoms with Gasteiger partial charge in [-0.2, -0.15) is 0 Å². The van der Waals surface area contributed by atoms with Crippen molar-refractivity contribution in [2.45, 2.75) is 64.1 Å². The summed E-state index contributed by atoms with van der Waals surface area (Å²) in [4.78, 5) is 26.6. The molecule has 10 nitrogen and oxygen atoms in total. The summed E-state index contributed by atoms with van der Waals surface area (Å²) in [5, 5.41) is 25.8. The van der Waals surface area contributed by atoms with Gasteiger partial charge in [0.15, 0.2) is 5.82 Å². The van der Waals surface area contributed by atoms with E-state index in [1.807, 2.05) is 45.9 Å². The Hall–Kier alpha value is -3.47. The Kier molecular flexibility index (Phi) is 10.6. The van der Waals surface area contributed by atoms with Gasteiger partial charge in [0.2, 0.25) is 5.91 Å². The number of hydrogen-bond acceptors (Lipinski definition) is 7. The van der Waals surface area contributed by atoms with Crippen LogP contribution in [0.4, 0.5) is 0 Å². The zero-order chi connectivity index (χ0) is 30.4. The molecule has 0 bridgehead atoms. The maximum absolute atomic E-state index is 13.6. The van der Waals surface area contributed by atoms with Crippen LogP contribution >= 0.6 is 11.6 Å². The van der Waals surface area contributed by atoms with Gasteiger partial charge in [0.1, 0.15) is 23.8 Å². The number of nitrogens with zero attached hydrogens (tertiary/aromatic N) is 4. The fraction of sp³-hybridized carbons (Fsp3) is 0.484. The summed E-state index contributed by atoms with van der Waals surface area (Å²) in [5.41, 5.74) is 2.52. The van der Waals surface area contributed by atoms with Crippen molar-refractivity contribution in [1.29, 1.82) is 0 Å². The number of carboxylic acid groups (broad SMARTS) is 1. The largest absolute Gasteiger partial charge is 0.496 e. The van der Waals surface area contributed by atoms with Crippen molar-refractivity contribution in [1.82, 2.24) is 19.7 Å². The fourth-order valence-corrected chi connectivity index (χ4v) is 5.89. The summed E-state index contributed by atoms with van der Waals surface area (Å²) < 4.78 is 14.6. The summed E-state index contributed by atoms with van der Waals surface area (Å²) in [5.74, 6) is 1.32. The van der Waals surface area contributed by atoms with E-state index >= 15 is 0 Å². The predicted molar refractivity (Wildman–Crippen MR) is 158 cm³/mol. The van der Waals surface area contributed by atoms with Gasteiger partial charge in [-0.1, -0.05) is 43.7 Å². The molecule has 3 aliphatic rings. The molecule has 42 heavy (non-hydrogen) atoms. The lowest BCUT2D eigenvalue weighted by Gasteiger charge is -2.32. The summed E-state index contributed by atoms with van der Waals surface area (Å²) in [6.07, 6.45) is 9.07. The number of hydrogen-bond donors (Lipinski definition) is 2. The van der Waals surface area contributed by atoms with Crippen LogP contribution < -0.4 is 0 Å². The van der Waals surface area contributed by atoms with Gasteiger partial charge in [-0.15, -0.1) is 10.2 Å². The normalized spacial score (nSPS) is 20.3. The number of amides is 1. The number of likely N-dealkylation sites (tertiary alicyclic amines) is 1. The number of benzene rings is 1. The summed E-state index contributed by atoms with van der Waals surface area (Å²) >= 11 is 6.53. The number of ether oxygens (including phenoxy) is 2. The van der Waals surface area contributed by atoms with E-state index in [4.69, 9.17) is 31.3 Å². The van der Waals surface area contributed by atoms with E-state index in [9.17, 15) is 9.59 Å². The summed E-state index contributed by atoms with van der Waals surface area (Å²) in [6.45, 7) is 5.17. The van der Waals surface area contributed by atoms with Crippen LogP contribution in [0.2, 0.25) is 5.02 Å². The van der Waals surface area contributed by atoms with E-state index in [2.05, 4.69) is 30.1 Å².